The quantitative estimate of drug-likeness (QED) is 0.499. The van der Waals surface area contributed by atoms with Crippen molar-refractivity contribution in [1.82, 2.24) is 19.9 Å². The predicted octanol–water partition coefficient (Wildman–Crippen LogP) is 5.56. The Kier molecular flexibility index (Phi) is 4.68. The van der Waals surface area contributed by atoms with Gasteiger partial charge in [-0.25, -0.2) is 9.97 Å². The summed E-state index contributed by atoms with van der Waals surface area (Å²) in [6.45, 7) is 5.94. The lowest BCUT2D eigenvalue weighted by Crippen LogP contribution is -2.33. The lowest BCUT2D eigenvalue weighted by Gasteiger charge is -2.34. The summed E-state index contributed by atoms with van der Waals surface area (Å²) in [6, 6.07) is 16.8. The fourth-order valence-corrected chi connectivity index (χ4v) is 4.32. The van der Waals surface area contributed by atoms with Gasteiger partial charge >= 0.3 is 0 Å². The Bertz CT molecular complexity index is 1110. The molecule has 1 N–H and O–H groups in total. The Balaban J connectivity index is 1.43. The number of nitrogens with one attached hydrogen (secondary N) is 1. The summed E-state index contributed by atoms with van der Waals surface area (Å²) in [5, 5.41) is 0. The molecule has 0 amide bonds. The van der Waals surface area contributed by atoms with E-state index >= 15 is 0 Å². The molecule has 1 unspecified atom stereocenters. The standard InChI is InChI=1S/C24H26N4O/c1-16-9-3-4-10-18(16)24-27-21(17(2)29-24)15-28-14-8-7-13-22(28)23-25-19-11-5-6-12-20(19)26-23/h3-6,9-12,22H,7-8,13-15H2,1-2H3,(H,25,26). The third kappa shape index (κ3) is 3.47. The molecule has 3 heterocycles. The van der Waals surface area contributed by atoms with Crippen molar-refractivity contribution in [1.29, 1.82) is 0 Å². The molecular weight excluding hydrogens is 360 g/mol. The molecule has 29 heavy (non-hydrogen) atoms. The van der Waals surface area contributed by atoms with E-state index in [1.165, 1.54) is 18.4 Å². The molecule has 0 spiro atoms. The number of oxazole rings is 1. The first kappa shape index (κ1) is 18.1. The van der Waals surface area contributed by atoms with E-state index in [1.54, 1.807) is 0 Å². The number of hydrogen-bond donors (Lipinski definition) is 1. The molecule has 1 aliphatic rings. The number of nitrogens with zero attached hydrogens (tertiary/aromatic N) is 3. The Labute approximate surface area is 170 Å². The van der Waals surface area contributed by atoms with Crippen molar-refractivity contribution < 1.29 is 4.42 Å². The van der Waals surface area contributed by atoms with Crippen LogP contribution in [0.3, 0.4) is 0 Å². The van der Waals surface area contributed by atoms with Gasteiger partial charge in [0.15, 0.2) is 0 Å². The number of aromatic amines is 1. The van der Waals surface area contributed by atoms with Crippen LogP contribution in [-0.4, -0.2) is 26.4 Å². The second-order valence-electron chi connectivity index (χ2n) is 7.96. The molecule has 1 aliphatic heterocycles. The smallest absolute Gasteiger partial charge is 0.226 e. The Morgan fingerprint density at radius 3 is 2.72 bits per heavy atom. The van der Waals surface area contributed by atoms with Gasteiger partial charge in [0.1, 0.15) is 11.6 Å². The Morgan fingerprint density at radius 2 is 1.86 bits per heavy atom. The summed E-state index contributed by atoms with van der Waals surface area (Å²) in [6.07, 6.45) is 3.55. The van der Waals surface area contributed by atoms with E-state index in [0.29, 0.717) is 5.89 Å². The average Bonchev–Trinajstić information content (AvgIpc) is 3.32. The molecule has 1 fully saturated rings. The number of fused-ring (bicyclic) bond motifs is 1. The SMILES string of the molecule is Cc1ccccc1-c1nc(CN2CCCCC2c2nc3ccccc3[nH]2)c(C)o1. The molecule has 148 valence electrons. The first-order chi connectivity index (χ1) is 14.2. The molecule has 1 saturated heterocycles. The largest absolute Gasteiger partial charge is 0.441 e. The zero-order valence-corrected chi connectivity index (χ0v) is 17.0. The van der Waals surface area contributed by atoms with E-state index in [2.05, 4.69) is 47.1 Å². The van der Waals surface area contributed by atoms with Crippen LogP contribution in [0.25, 0.3) is 22.5 Å². The molecule has 5 rings (SSSR count). The van der Waals surface area contributed by atoms with Crippen molar-refractivity contribution in [2.75, 3.05) is 6.54 Å². The van der Waals surface area contributed by atoms with Gasteiger partial charge in [-0.15, -0.1) is 0 Å². The highest BCUT2D eigenvalue weighted by Crippen LogP contribution is 2.33. The van der Waals surface area contributed by atoms with E-state index in [1.807, 2.05) is 25.1 Å². The number of aromatic nitrogens is 3. The van der Waals surface area contributed by atoms with Crippen molar-refractivity contribution in [3.63, 3.8) is 0 Å². The number of hydrogen-bond acceptors (Lipinski definition) is 4. The minimum atomic E-state index is 0.286. The number of benzene rings is 2. The first-order valence-corrected chi connectivity index (χ1v) is 10.4. The van der Waals surface area contributed by atoms with Crippen molar-refractivity contribution in [2.24, 2.45) is 0 Å². The molecule has 5 heteroatoms. The molecule has 2 aromatic heterocycles. The third-order valence-corrected chi connectivity index (χ3v) is 5.96. The number of aryl methyl sites for hydroxylation is 2. The third-order valence-electron chi connectivity index (χ3n) is 5.96. The van der Waals surface area contributed by atoms with Gasteiger partial charge < -0.3 is 9.40 Å². The summed E-state index contributed by atoms with van der Waals surface area (Å²) in [5.41, 5.74) is 5.40. The summed E-state index contributed by atoms with van der Waals surface area (Å²) in [5.74, 6) is 2.68. The number of para-hydroxylation sites is 2. The van der Waals surface area contributed by atoms with E-state index in [4.69, 9.17) is 14.4 Å². The molecule has 0 bridgehead atoms. The maximum atomic E-state index is 6.05. The topological polar surface area (TPSA) is 58.0 Å². The van der Waals surface area contributed by atoms with Crippen LogP contribution in [0.4, 0.5) is 0 Å². The number of likely N-dealkylation sites (tertiary alicyclic amines) is 1. The minimum absolute atomic E-state index is 0.286. The molecule has 2 aromatic carbocycles. The van der Waals surface area contributed by atoms with Gasteiger partial charge in [-0.2, -0.15) is 0 Å². The fourth-order valence-electron chi connectivity index (χ4n) is 4.32. The molecule has 0 saturated carbocycles. The van der Waals surface area contributed by atoms with E-state index < -0.39 is 0 Å². The van der Waals surface area contributed by atoms with Crippen molar-refractivity contribution in [2.45, 2.75) is 45.7 Å². The van der Waals surface area contributed by atoms with E-state index in [9.17, 15) is 0 Å². The van der Waals surface area contributed by atoms with Gasteiger partial charge in [0.25, 0.3) is 0 Å². The minimum Gasteiger partial charge on any atom is -0.441 e. The first-order valence-electron chi connectivity index (χ1n) is 10.4. The maximum Gasteiger partial charge on any atom is 0.226 e. The number of rotatable bonds is 4. The van der Waals surface area contributed by atoms with Crippen LogP contribution in [0, 0.1) is 13.8 Å². The highest BCUT2D eigenvalue weighted by atomic mass is 16.4. The molecule has 0 radical (unpaired) electrons. The van der Waals surface area contributed by atoms with Crippen LogP contribution in [0.1, 0.15) is 48.1 Å². The maximum absolute atomic E-state index is 6.05. The molecule has 4 aromatic rings. The van der Waals surface area contributed by atoms with Gasteiger partial charge in [-0.05, 0) is 57.0 Å². The lowest BCUT2D eigenvalue weighted by molar-refractivity contribution is 0.132. The Morgan fingerprint density at radius 1 is 1.03 bits per heavy atom. The molecular formula is C24H26N4O. The van der Waals surface area contributed by atoms with Crippen molar-refractivity contribution in [3.05, 3.63) is 71.4 Å². The second kappa shape index (κ2) is 7.48. The average molecular weight is 386 g/mol. The lowest BCUT2D eigenvalue weighted by atomic mass is 10.0. The van der Waals surface area contributed by atoms with Crippen LogP contribution in [-0.2, 0) is 6.54 Å². The van der Waals surface area contributed by atoms with Crippen molar-refractivity contribution in [3.8, 4) is 11.5 Å². The zero-order chi connectivity index (χ0) is 19.8. The van der Waals surface area contributed by atoms with E-state index in [0.717, 1.165) is 53.4 Å². The molecule has 5 nitrogen and oxygen atoms in total. The molecule has 0 aliphatic carbocycles. The van der Waals surface area contributed by atoms with Gasteiger partial charge in [0.05, 0.1) is 22.8 Å². The van der Waals surface area contributed by atoms with Gasteiger partial charge in [-0.1, -0.05) is 36.8 Å². The van der Waals surface area contributed by atoms with Gasteiger partial charge in [-0.3, -0.25) is 4.90 Å². The van der Waals surface area contributed by atoms with Crippen LogP contribution in [0.2, 0.25) is 0 Å². The van der Waals surface area contributed by atoms with Crippen LogP contribution in [0.15, 0.2) is 52.9 Å². The number of piperidine rings is 1. The number of imidazole rings is 1. The Hall–Kier alpha value is -2.92. The van der Waals surface area contributed by atoms with Crippen LogP contribution >= 0.6 is 0 Å². The summed E-state index contributed by atoms with van der Waals surface area (Å²) in [7, 11) is 0. The summed E-state index contributed by atoms with van der Waals surface area (Å²) < 4.78 is 6.05. The van der Waals surface area contributed by atoms with Gasteiger partial charge in [0.2, 0.25) is 5.89 Å². The highest BCUT2D eigenvalue weighted by molar-refractivity contribution is 5.74. The highest BCUT2D eigenvalue weighted by Gasteiger charge is 2.28. The monoisotopic (exact) mass is 386 g/mol. The zero-order valence-electron chi connectivity index (χ0n) is 17.0. The molecule has 1 atom stereocenters. The van der Waals surface area contributed by atoms with Crippen molar-refractivity contribution >= 4 is 11.0 Å². The summed E-state index contributed by atoms with van der Waals surface area (Å²) >= 11 is 0. The van der Waals surface area contributed by atoms with E-state index in [-0.39, 0.29) is 6.04 Å². The van der Waals surface area contributed by atoms with Crippen LogP contribution < -0.4 is 0 Å². The second-order valence-corrected chi connectivity index (χ2v) is 7.96. The van der Waals surface area contributed by atoms with Crippen LogP contribution in [0.5, 0.6) is 0 Å². The summed E-state index contributed by atoms with van der Waals surface area (Å²) in [4.78, 5) is 15.8. The van der Waals surface area contributed by atoms with Gasteiger partial charge in [0, 0.05) is 12.1 Å². The normalized spacial score (nSPS) is 17.8. The number of H-pyrrole nitrogens is 1. The predicted molar refractivity (Wildman–Crippen MR) is 115 cm³/mol. The fraction of sp³-hybridized carbons (Fsp3) is 0.333.